The van der Waals surface area contributed by atoms with Crippen LogP contribution in [0.3, 0.4) is 0 Å². The second kappa shape index (κ2) is 8.97. The summed E-state index contributed by atoms with van der Waals surface area (Å²) in [7, 11) is 0. The number of benzene rings is 1. The van der Waals surface area contributed by atoms with Crippen molar-refractivity contribution in [3.63, 3.8) is 0 Å². The normalized spacial score (nSPS) is 14.5. The van der Waals surface area contributed by atoms with Crippen molar-refractivity contribution in [2.24, 2.45) is 5.92 Å². The summed E-state index contributed by atoms with van der Waals surface area (Å²) in [5.74, 6) is -0.316. The van der Waals surface area contributed by atoms with Crippen LogP contribution in [0.25, 0.3) is 10.9 Å². The minimum absolute atomic E-state index is 0.0437. The molecule has 0 bridgehead atoms. The van der Waals surface area contributed by atoms with E-state index < -0.39 is 10.8 Å². The SMILES string of the molecule is CCCn1c(S[C@@H](C)C(=O)N[C@@](C)(C#N)C(C)C)nc2cc(Cl)ccc2c1=O. The third-order valence-corrected chi connectivity index (χ3v) is 6.08. The second-order valence-electron chi connectivity index (χ2n) is 7.23. The summed E-state index contributed by atoms with van der Waals surface area (Å²) in [4.78, 5) is 30.2. The number of halogens is 1. The lowest BCUT2D eigenvalue weighted by Gasteiger charge is -2.28. The van der Waals surface area contributed by atoms with Gasteiger partial charge in [-0.3, -0.25) is 14.2 Å². The Balaban J connectivity index is 2.39. The van der Waals surface area contributed by atoms with Crippen LogP contribution in [0.1, 0.15) is 41.0 Å². The fourth-order valence-electron chi connectivity index (χ4n) is 2.56. The molecule has 0 aliphatic carbocycles. The quantitative estimate of drug-likeness (QED) is 0.540. The minimum Gasteiger partial charge on any atom is -0.337 e. The number of nitriles is 1. The zero-order chi connectivity index (χ0) is 21.1. The fraction of sp³-hybridized carbons (Fsp3) is 0.500. The van der Waals surface area contributed by atoms with Crippen LogP contribution in [0.4, 0.5) is 0 Å². The lowest BCUT2D eigenvalue weighted by Crippen LogP contribution is -2.51. The molecule has 0 radical (unpaired) electrons. The molecule has 1 amide bonds. The predicted octanol–water partition coefficient (Wildman–Crippen LogP) is 3.99. The molecule has 0 saturated carbocycles. The molecule has 1 heterocycles. The number of rotatable bonds is 7. The lowest BCUT2D eigenvalue weighted by atomic mass is 9.90. The number of carbonyl (C=O) groups is 1. The van der Waals surface area contributed by atoms with Gasteiger partial charge in [-0.2, -0.15) is 5.26 Å². The smallest absolute Gasteiger partial charge is 0.262 e. The van der Waals surface area contributed by atoms with Gasteiger partial charge in [-0.1, -0.05) is 44.1 Å². The molecule has 150 valence electrons. The van der Waals surface area contributed by atoms with Crippen LogP contribution in [0.15, 0.2) is 28.2 Å². The monoisotopic (exact) mass is 420 g/mol. The molecule has 0 aliphatic heterocycles. The Morgan fingerprint density at radius 3 is 2.68 bits per heavy atom. The predicted molar refractivity (Wildman–Crippen MR) is 114 cm³/mol. The average molecular weight is 421 g/mol. The molecule has 1 aromatic carbocycles. The molecule has 2 rings (SSSR count). The second-order valence-corrected chi connectivity index (χ2v) is 8.98. The zero-order valence-corrected chi connectivity index (χ0v) is 18.3. The summed E-state index contributed by atoms with van der Waals surface area (Å²) < 4.78 is 1.59. The van der Waals surface area contributed by atoms with Crippen LogP contribution in [-0.2, 0) is 11.3 Å². The van der Waals surface area contributed by atoms with Crippen LogP contribution >= 0.6 is 23.4 Å². The summed E-state index contributed by atoms with van der Waals surface area (Å²) in [6, 6.07) is 7.16. The maximum absolute atomic E-state index is 12.9. The number of fused-ring (bicyclic) bond motifs is 1. The van der Waals surface area contributed by atoms with Gasteiger partial charge in [0.2, 0.25) is 5.91 Å². The number of amides is 1. The number of hydrogen-bond acceptors (Lipinski definition) is 5. The van der Waals surface area contributed by atoms with Gasteiger partial charge in [0, 0.05) is 11.6 Å². The average Bonchev–Trinajstić information content (AvgIpc) is 2.64. The van der Waals surface area contributed by atoms with Crippen molar-refractivity contribution in [2.75, 3.05) is 0 Å². The van der Waals surface area contributed by atoms with Crippen molar-refractivity contribution in [1.29, 1.82) is 5.26 Å². The Kier molecular flexibility index (Phi) is 7.13. The maximum atomic E-state index is 12.9. The molecule has 0 aliphatic rings. The summed E-state index contributed by atoms with van der Waals surface area (Å²) in [5.41, 5.74) is -0.606. The van der Waals surface area contributed by atoms with E-state index in [1.165, 1.54) is 11.8 Å². The van der Waals surface area contributed by atoms with E-state index in [-0.39, 0.29) is 17.4 Å². The molecule has 2 atom stereocenters. The molecular weight excluding hydrogens is 396 g/mol. The Morgan fingerprint density at radius 1 is 1.43 bits per heavy atom. The molecule has 28 heavy (non-hydrogen) atoms. The van der Waals surface area contributed by atoms with E-state index in [0.717, 1.165) is 6.42 Å². The number of hydrogen-bond donors (Lipinski definition) is 1. The third kappa shape index (κ3) is 4.68. The number of nitrogens with one attached hydrogen (secondary N) is 1. The summed E-state index contributed by atoms with van der Waals surface area (Å²) >= 11 is 7.25. The molecule has 0 spiro atoms. The Hall–Kier alpha value is -2.04. The minimum atomic E-state index is -0.959. The van der Waals surface area contributed by atoms with Gasteiger partial charge in [0.25, 0.3) is 5.56 Å². The van der Waals surface area contributed by atoms with E-state index in [2.05, 4.69) is 16.4 Å². The first-order chi connectivity index (χ1) is 13.1. The molecule has 0 fully saturated rings. The first-order valence-corrected chi connectivity index (χ1v) is 10.5. The zero-order valence-electron chi connectivity index (χ0n) is 16.7. The van der Waals surface area contributed by atoms with Crippen molar-refractivity contribution >= 4 is 40.2 Å². The van der Waals surface area contributed by atoms with Crippen molar-refractivity contribution in [3.05, 3.63) is 33.6 Å². The van der Waals surface area contributed by atoms with E-state index in [9.17, 15) is 14.9 Å². The van der Waals surface area contributed by atoms with Crippen molar-refractivity contribution in [1.82, 2.24) is 14.9 Å². The Morgan fingerprint density at radius 2 is 2.11 bits per heavy atom. The van der Waals surface area contributed by atoms with Gasteiger partial charge in [0.1, 0.15) is 5.54 Å². The summed E-state index contributed by atoms with van der Waals surface area (Å²) in [5, 5.41) is 13.2. The highest BCUT2D eigenvalue weighted by Crippen LogP contribution is 2.25. The first kappa shape index (κ1) is 22.3. The fourth-order valence-corrected chi connectivity index (χ4v) is 3.66. The van der Waals surface area contributed by atoms with Crippen LogP contribution in [-0.4, -0.2) is 26.2 Å². The number of thioether (sulfide) groups is 1. The van der Waals surface area contributed by atoms with E-state index in [1.807, 2.05) is 20.8 Å². The van der Waals surface area contributed by atoms with Crippen LogP contribution in [0.5, 0.6) is 0 Å². The molecule has 0 unspecified atom stereocenters. The Labute approximate surface area is 174 Å². The molecular formula is C20H25ClN4O2S. The number of carbonyl (C=O) groups excluding carboxylic acids is 1. The van der Waals surface area contributed by atoms with E-state index in [1.54, 1.807) is 36.6 Å². The molecule has 8 heteroatoms. The molecule has 0 saturated heterocycles. The van der Waals surface area contributed by atoms with Gasteiger partial charge in [-0.05, 0) is 44.4 Å². The molecule has 6 nitrogen and oxygen atoms in total. The van der Waals surface area contributed by atoms with Crippen molar-refractivity contribution < 1.29 is 4.79 Å². The number of nitrogens with zero attached hydrogens (tertiary/aromatic N) is 3. The van der Waals surface area contributed by atoms with Gasteiger partial charge < -0.3 is 5.32 Å². The number of aromatic nitrogens is 2. The van der Waals surface area contributed by atoms with Gasteiger partial charge in [-0.25, -0.2) is 4.98 Å². The van der Waals surface area contributed by atoms with E-state index in [4.69, 9.17) is 11.6 Å². The first-order valence-electron chi connectivity index (χ1n) is 9.23. The van der Waals surface area contributed by atoms with Gasteiger partial charge in [-0.15, -0.1) is 0 Å². The highest BCUT2D eigenvalue weighted by molar-refractivity contribution is 8.00. The summed E-state index contributed by atoms with van der Waals surface area (Å²) in [6.45, 7) is 9.69. The maximum Gasteiger partial charge on any atom is 0.262 e. The molecule has 2 aromatic rings. The lowest BCUT2D eigenvalue weighted by molar-refractivity contribution is -0.121. The molecule has 1 N–H and O–H groups in total. The highest BCUT2D eigenvalue weighted by atomic mass is 35.5. The van der Waals surface area contributed by atoms with Crippen LogP contribution < -0.4 is 10.9 Å². The topological polar surface area (TPSA) is 87.8 Å². The van der Waals surface area contributed by atoms with Crippen LogP contribution in [0, 0.1) is 17.2 Å². The van der Waals surface area contributed by atoms with E-state index >= 15 is 0 Å². The highest BCUT2D eigenvalue weighted by Gasteiger charge is 2.32. The third-order valence-electron chi connectivity index (χ3n) is 4.75. The van der Waals surface area contributed by atoms with Gasteiger partial charge in [0.15, 0.2) is 5.16 Å². The summed E-state index contributed by atoms with van der Waals surface area (Å²) in [6.07, 6.45) is 0.759. The largest absolute Gasteiger partial charge is 0.337 e. The van der Waals surface area contributed by atoms with Crippen molar-refractivity contribution in [3.8, 4) is 6.07 Å². The standard InChI is InChI=1S/C20H25ClN4O2S/c1-6-9-25-18(27)15-8-7-14(21)10-16(15)23-19(25)28-13(4)17(26)24-20(5,11-22)12(2)3/h7-8,10,12-13H,6,9H2,1-5H3,(H,24,26)/t13-,20-/m0/s1. The van der Waals surface area contributed by atoms with Gasteiger partial charge >= 0.3 is 0 Å². The van der Waals surface area contributed by atoms with Crippen molar-refractivity contribution in [2.45, 2.75) is 63.5 Å². The molecule has 1 aromatic heterocycles. The van der Waals surface area contributed by atoms with Crippen LogP contribution in [0.2, 0.25) is 5.02 Å². The van der Waals surface area contributed by atoms with E-state index in [0.29, 0.717) is 27.6 Å². The van der Waals surface area contributed by atoms with Gasteiger partial charge in [0.05, 0.1) is 22.2 Å². The Bertz CT molecular complexity index is 983.